The monoisotopic (exact) mass is 284 g/mol. The largest absolute Gasteiger partial charge is 1.00 e. The fourth-order valence-corrected chi connectivity index (χ4v) is 1.98. The molecule has 18 heavy (non-hydrogen) atoms. The zero-order valence-corrected chi connectivity index (χ0v) is 14.1. The minimum atomic E-state index is 0. The van der Waals surface area contributed by atoms with Gasteiger partial charge in [0.1, 0.15) is 18.1 Å². The van der Waals surface area contributed by atoms with Gasteiger partial charge >= 0.3 is 51.4 Å². The summed E-state index contributed by atoms with van der Waals surface area (Å²) in [5, 5.41) is 0.347. The van der Waals surface area contributed by atoms with E-state index in [4.69, 9.17) is 22.1 Å². The molecule has 0 radical (unpaired) electrons. The molecule has 0 saturated heterocycles. The van der Waals surface area contributed by atoms with Crippen LogP contribution in [0.3, 0.4) is 0 Å². The molecule has 1 aliphatic rings. The SMILES string of the molecule is COc1ccc2c(c1)-c1nc([S-])ncc1CO2.[K+]. The summed E-state index contributed by atoms with van der Waals surface area (Å²) in [6.07, 6.45) is 1.72. The Bertz CT molecular complexity index is 592. The van der Waals surface area contributed by atoms with Gasteiger partial charge in [0.15, 0.2) is 0 Å². The van der Waals surface area contributed by atoms with E-state index < -0.39 is 0 Å². The maximum absolute atomic E-state index is 5.62. The van der Waals surface area contributed by atoms with Crippen molar-refractivity contribution in [1.29, 1.82) is 0 Å². The summed E-state index contributed by atoms with van der Waals surface area (Å²) >= 11 is 4.99. The molecule has 0 fully saturated rings. The fraction of sp³-hybridized carbons (Fsp3) is 0.167. The molecule has 0 aliphatic carbocycles. The first-order valence-electron chi connectivity index (χ1n) is 5.12. The van der Waals surface area contributed by atoms with Crippen molar-refractivity contribution < 1.29 is 60.9 Å². The summed E-state index contributed by atoms with van der Waals surface area (Å²) < 4.78 is 10.8. The first-order valence-corrected chi connectivity index (χ1v) is 5.53. The summed E-state index contributed by atoms with van der Waals surface area (Å²) in [5.41, 5.74) is 2.68. The van der Waals surface area contributed by atoms with Crippen molar-refractivity contribution in [3.05, 3.63) is 30.0 Å². The predicted molar refractivity (Wildman–Crippen MR) is 64.0 cm³/mol. The average molecular weight is 284 g/mol. The summed E-state index contributed by atoms with van der Waals surface area (Å²) in [4.78, 5) is 8.30. The van der Waals surface area contributed by atoms with Crippen LogP contribution in [0.1, 0.15) is 5.56 Å². The zero-order valence-electron chi connectivity index (χ0n) is 10.1. The van der Waals surface area contributed by atoms with Crippen LogP contribution in [0.15, 0.2) is 29.6 Å². The van der Waals surface area contributed by atoms with Crippen LogP contribution in [0.5, 0.6) is 11.5 Å². The topological polar surface area (TPSA) is 44.2 Å². The molecule has 2 heterocycles. The van der Waals surface area contributed by atoms with Crippen molar-refractivity contribution in [2.24, 2.45) is 0 Å². The molecule has 0 N–H and O–H groups in total. The molecule has 86 valence electrons. The Labute approximate surface area is 153 Å². The molecule has 1 aliphatic heterocycles. The maximum Gasteiger partial charge on any atom is 1.00 e. The number of rotatable bonds is 1. The van der Waals surface area contributed by atoms with Gasteiger partial charge in [-0.15, -0.1) is 0 Å². The number of methoxy groups -OCH3 is 1. The molecule has 0 atom stereocenters. The molecular formula is C12H9KN2O2S. The van der Waals surface area contributed by atoms with Crippen LogP contribution in [-0.2, 0) is 19.2 Å². The minimum absolute atomic E-state index is 0. The third-order valence-corrected chi connectivity index (χ3v) is 2.86. The number of ether oxygens (including phenoxy) is 2. The second-order valence-corrected chi connectivity index (χ2v) is 4.04. The van der Waals surface area contributed by atoms with E-state index in [1.54, 1.807) is 13.3 Å². The molecule has 2 aromatic rings. The number of benzene rings is 1. The van der Waals surface area contributed by atoms with Crippen LogP contribution < -0.4 is 60.9 Å². The fourth-order valence-electron chi connectivity index (χ4n) is 1.83. The van der Waals surface area contributed by atoms with Crippen molar-refractivity contribution in [2.45, 2.75) is 11.8 Å². The van der Waals surface area contributed by atoms with Gasteiger partial charge in [0.2, 0.25) is 0 Å². The molecular weight excluding hydrogens is 275 g/mol. The van der Waals surface area contributed by atoms with E-state index in [1.165, 1.54) is 0 Å². The number of fused-ring (bicyclic) bond motifs is 3. The van der Waals surface area contributed by atoms with Crippen molar-refractivity contribution in [1.82, 2.24) is 9.97 Å². The quantitative estimate of drug-likeness (QED) is 0.380. The summed E-state index contributed by atoms with van der Waals surface area (Å²) in [7, 11) is 1.63. The average Bonchev–Trinajstić information content (AvgIpc) is 2.38. The van der Waals surface area contributed by atoms with E-state index in [1.807, 2.05) is 18.2 Å². The normalized spacial score (nSPS) is 11.6. The van der Waals surface area contributed by atoms with E-state index in [9.17, 15) is 0 Å². The Kier molecular flexibility index (Phi) is 4.57. The Hall–Kier alpha value is -0.244. The molecule has 0 amide bonds. The molecule has 0 unspecified atom stereocenters. The second kappa shape index (κ2) is 5.81. The number of hydrogen-bond donors (Lipinski definition) is 0. The van der Waals surface area contributed by atoms with E-state index in [0.29, 0.717) is 11.8 Å². The van der Waals surface area contributed by atoms with E-state index in [0.717, 1.165) is 28.3 Å². The van der Waals surface area contributed by atoms with E-state index in [2.05, 4.69) is 9.97 Å². The van der Waals surface area contributed by atoms with E-state index >= 15 is 0 Å². The standard InChI is InChI=1S/C12H10N2O2S.K/c1-15-8-2-3-10-9(4-8)11-7(6-16-10)5-13-12(17)14-11;/h2-5H,6H2,1H3,(H,13,14,17);/q;+1/p-1. The summed E-state index contributed by atoms with van der Waals surface area (Å²) in [6, 6.07) is 5.64. The van der Waals surface area contributed by atoms with Crippen LogP contribution in [0.25, 0.3) is 11.3 Å². The maximum atomic E-state index is 5.62. The molecule has 0 saturated carbocycles. The molecule has 6 heteroatoms. The van der Waals surface area contributed by atoms with Gasteiger partial charge in [-0.05, 0) is 18.2 Å². The Morgan fingerprint density at radius 1 is 1.39 bits per heavy atom. The summed E-state index contributed by atoms with van der Waals surface area (Å²) in [6.45, 7) is 0.476. The van der Waals surface area contributed by atoms with Gasteiger partial charge in [0.05, 0.1) is 12.8 Å². The van der Waals surface area contributed by atoms with Crippen LogP contribution in [0.4, 0.5) is 0 Å². The third kappa shape index (κ3) is 2.54. The first kappa shape index (κ1) is 14.2. The van der Waals surface area contributed by atoms with Crippen LogP contribution >= 0.6 is 0 Å². The molecule has 1 aromatic heterocycles. The molecule has 1 aromatic carbocycles. The third-order valence-electron chi connectivity index (χ3n) is 2.67. The summed E-state index contributed by atoms with van der Waals surface area (Å²) in [5.74, 6) is 1.57. The van der Waals surface area contributed by atoms with Gasteiger partial charge in [-0.1, -0.05) is 0 Å². The number of nitrogens with zero attached hydrogens (tertiary/aromatic N) is 2. The van der Waals surface area contributed by atoms with Gasteiger partial charge in [-0.2, -0.15) is 0 Å². The van der Waals surface area contributed by atoms with Gasteiger partial charge < -0.3 is 22.1 Å². The zero-order chi connectivity index (χ0) is 11.8. The second-order valence-electron chi connectivity index (χ2n) is 3.68. The van der Waals surface area contributed by atoms with Gasteiger partial charge in [-0.25, -0.2) is 0 Å². The molecule has 0 spiro atoms. The van der Waals surface area contributed by atoms with Crippen LogP contribution in [0, 0.1) is 0 Å². The van der Waals surface area contributed by atoms with E-state index in [-0.39, 0.29) is 51.4 Å². The molecule has 3 rings (SSSR count). The molecule has 0 bridgehead atoms. The minimum Gasteiger partial charge on any atom is -0.740 e. The van der Waals surface area contributed by atoms with Crippen molar-refractivity contribution in [2.75, 3.05) is 7.11 Å². The molecule has 4 nitrogen and oxygen atoms in total. The van der Waals surface area contributed by atoms with Crippen LogP contribution in [-0.4, -0.2) is 17.1 Å². The number of aromatic nitrogens is 2. The predicted octanol–water partition coefficient (Wildman–Crippen LogP) is -1.05. The number of hydrogen-bond acceptors (Lipinski definition) is 5. The van der Waals surface area contributed by atoms with Crippen molar-refractivity contribution in [3.8, 4) is 22.8 Å². The van der Waals surface area contributed by atoms with Gasteiger partial charge in [-0.3, -0.25) is 9.97 Å². The Balaban J connectivity index is 0.00000120. The van der Waals surface area contributed by atoms with Crippen LogP contribution in [0.2, 0.25) is 0 Å². The Morgan fingerprint density at radius 2 is 2.22 bits per heavy atom. The van der Waals surface area contributed by atoms with Gasteiger partial charge in [0.25, 0.3) is 0 Å². The smallest absolute Gasteiger partial charge is 0.740 e. The van der Waals surface area contributed by atoms with Crippen molar-refractivity contribution >= 4 is 12.6 Å². The Morgan fingerprint density at radius 3 is 3.00 bits per heavy atom. The van der Waals surface area contributed by atoms with Crippen molar-refractivity contribution in [3.63, 3.8) is 0 Å². The first-order chi connectivity index (χ1) is 8.28. The van der Waals surface area contributed by atoms with Gasteiger partial charge in [0, 0.05) is 22.5 Å².